The number of aliphatic hydroxyl groups is 1. The van der Waals surface area contributed by atoms with E-state index < -0.39 is 0 Å². The first-order chi connectivity index (χ1) is 6.84. The second kappa shape index (κ2) is 4.91. The zero-order chi connectivity index (χ0) is 9.80. The Kier molecular flexibility index (Phi) is 3.56. The summed E-state index contributed by atoms with van der Waals surface area (Å²) < 4.78 is 0. The number of nitrogens with zero attached hydrogens (tertiary/aromatic N) is 1. The summed E-state index contributed by atoms with van der Waals surface area (Å²) in [6.45, 7) is 3.27. The molecule has 1 fully saturated rings. The Balaban J connectivity index is 1.71. The van der Waals surface area contributed by atoms with Gasteiger partial charge in [-0.05, 0) is 30.7 Å². The van der Waals surface area contributed by atoms with Crippen molar-refractivity contribution in [3.05, 3.63) is 22.4 Å². The van der Waals surface area contributed by atoms with Crippen molar-refractivity contribution in [3.8, 4) is 0 Å². The van der Waals surface area contributed by atoms with Gasteiger partial charge in [-0.1, -0.05) is 6.07 Å². The van der Waals surface area contributed by atoms with E-state index in [1.807, 2.05) is 11.3 Å². The number of aliphatic hydroxyl groups excluding tert-OH is 1. The van der Waals surface area contributed by atoms with Crippen LogP contribution in [0.1, 0.15) is 17.7 Å². The molecule has 0 amide bonds. The summed E-state index contributed by atoms with van der Waals surface area (Å²) in [5, 5.41) is 11.5. The van der Waals surface area contributed by atoms with Crippen molar-refractivity contribution in [2.75, 3.05) is 19.6 Å². The Morgan fingerprint density at radius 3 is 2.86 bits per heavy atom. The van der Waals surface area contributed by atoms with Crippen molar-refractivity contribution in [3.63, 3.8) is 0 Å². The monoisotopic (exact) mass is 211 g/mol. The Morgan fingerprint density at radius 2 is 2.21 bits per heavy atom. The molecule has 2 nitrogen and oxygen atoms in total. The largest absolute Gasteiger partial charge is 0.393 e. The number of hydrogen-bond acceptors (Lipinski definition) is 3. The molecule has 1 aliphatic rings. The number of thiophene rings is 1. The zero-order valence-electron chi connectivity index (χ0n) is 8.35. The van der Waals surface area contributed by atoms with Crippen molar-refractivity contribution in [1.82, 2.24) is 4.90 Å². The highest BCUT2D eigenvalue weighted by Gasteiger charge is 2.16. The number of likely N-dealkylation sites (tertiary alicyclic amines) is 1. The highest BCUT2D eigenvalue weighted by molar-refractivity contribution is 7.09. The molecule has 0 saturated carbocycles. The molecule has 1 aliphatic heterocycles. The van der Waals surface area contributed by atoms with Crippen LogP contribution in [0.2, 0.25) is 0 Å². The van der Waals surface area contributed by atoms with Crippen LogP contribution in [0.4, 0.5) is 0 Å². The molecule has 0 aromatic carbocycles. The number of piperidine rings is 1. The Labute approximate surface area is 89.2 Å². The van der Waals surface area contributed by atoms with Gasteiger partial charge in [0.05, 0.1) is 6.10 Å². The van der Waals surface area contributed by atoms with Crippen LogP contribution in [0, 0.1) is 0 Å². The summed E-state index contributed by atoms with van der Waals surface area (Å²) in [7, 11) is 0. The van der Waals surface area contributed by atoms with Crippen molar-refractivity contribution >= 4 is 11.3 Å². The molecule has 0 radical (unpaired) electrons. The lowest BCUT2D eigenvalue weighted by Gasteiger charge is -2.29. The van der Waals surface area contributed by atoms with E-state index in [9.17, 15) is 5.11 Å². The highest BCUT2D eigenvalue weighted by Crippen LogP contribution is 2.13. The summed E-state index contributed by atoms with van der Waals surface area (Å²) in [5.41, 5.74) is 0. The second-order valence-corrected chi connectivity index (χ2v) is 4.93. The van der Waals surface area contributed by atoms with Crippen LogP contribution in [-0.2, 0) is 6.42 Å². The topological polar surface area (TPSA) is 23.5 Å². The molecule has 78 valence electrons. The van der Waals surface area contributed by atoms with E-state index in [0.717, 1.165) is 38.9 Å². The SMILES string of the molecule is OC1CCN(CCc2cccs2)CC1. The van der Waals surface area contributed by atoms with E-state index in [4.69, 9.17) is 0 Å². The molecule has 0 unspecified atom stereocenters. The van der Waals surface area contributed by atoms with Gasteiger partial charge in [-0.25, -0.2) is 0 Å². The minimum absolute atomic E-state index is 0.0482. The summed E-state index contributed by atoms with van der Waals surface area (Å²) in [4.78, 5) is 3.92. The van der Waals surface area contributed by atoms with Crippen molar-refractivity contribution in [2.45, 2.75) is 25.4 Å². The van der Waals surface area contributed by atoms with Crippen LogP contribution in [0.15, 0.2) is 17.5 Å². The first-order valence-corrected chi connectivity index (χ1v) is 6.15. The lowest BCUT2D eigenvalue weighted by atomic mass is 10.1. The molecule has 0 atom stereocenters. The van der Waals surface area contributed by atoms with Crippen LogP contribution >= 0.6 is 11.3 Å². The Bertz CT molecular complexity index is 252. The molecule has 1 saturated heterocycles. The summed E-state index contributed by atoms with van der Waals surface area (Å²) in [6.07, 6.45) is 3.01. The molecular formula is C11H17NOS. The normalized spacial score (nSPS) is 20.1. The molecule has 0 aliphatic carbocycles. The fourth-order valence-corrected chi connectivity index (χ4v) is 2.56. The summed E-state index contributed by atoms with van der Waals surface area (Å²) in [6, 6.07) is 4.31. The predicted octanol–water partition coefficient (Wildman–Crippen LogP) is 1.75. The van der Waals surface area contributed by atoms with E-state index in [-0.39, 0.29) is 6.10 Å². The molecule has 14 heavy (non-hydrogen) atoms. The third kappa shape index (κ3) is 2.80. The van der Waals surface area contributed by atoms with E-state index in [1.54, 1.807) is 0 Å². The predicted molar refractivity (Wildman–Crippen MR) is 59.7 cm³/mol. The fourth-order valence-electron chi connectivity index (χ4n) is 1.87. The first kappa shape index (κ1) is 10.1. The smallest absolute Gasteiger partial charge is 0.0564 e. The third-order valence-electron chi connectivity index (χ3n) is 2.81. The first-order valence-electron chi connectivity index (χ1n) is 5.27. The van der Waals surface area contributed by atoms with Gasteiger partial charge in [0.25, 0.3) is 0 Å². The average molecular weight is 211 g/mol. The highest BCUT2D eigenvalue weighted by atomic mass is 32.1. The molecule has 2 rings (SSSR count). The van der Waals surface area contributed by atoms with Crippen molar-refractivity contribution < 1.29 is 5.11 Å². The Morgan fingerprint density at radius 1 is 1.43 bits per heavy atom. The molecule has 0 spiro atoms. The van der Waals surface area contributed by atoms with Crippen LogP contribution < -0.4 is 0 Å². The van der Waals surface area contributed by atoms with Gasteiger partial charge in [0, 0.05) is 24.5 Å². The molecule has 1 N–H and O–H groups in total. The van der Waals surface area contributed by atoms with E-state index in [2.05, 4.69) is 22.4 Å². The lowest BCUT2D eigenvalue weighted by Crippen LogP contribution is -2.36. The second-order valence-electron chi connectivity index (χ2n) is 3.90. The van der Waals surface area contributed by atoms with Gasteiger partial charge in [0.1, 0.15) is 0 Å². The third-order valence-corrected chi connectivity index (χ3v) is 3.75. The molecule has 1 aromatic rings. The van der Waals surface area contributed by atoms with Crippen LogP contribution in [-0.4, -0.2) is 35.7 Å². The molecule has 3 heteroatoms. The molecular weight excluding hydrogens is 194 g/mol. The van der Waals surface area contributed by atoms with Gasteiger partial charge in [0.2, 0.25) is 0 Å². The maximum Gasteiger partial charge on any atom is 0.0564 e. The quantitative estimate of drug-likeness (QED) is 0.823. The standard InChI is InChI=1S/C11H17NOS/c13-10-3-6-12(7-4-10)8-5-11-2-1-9-14-11/h1-2,9-10,13H,3-8H2. The van der Waals surface area contributed by atoms with Crippen LogP contribution in [0.25, 0.3) is 0 Å². The van der Waals surface area contributed by atoms with Gasteiger partial charge in [-0.2, -0.15) is 0 Å². The minimum atomic E-state index is -0.0482. The Hall–Kier alpha value is -0.380. The summed E-state index contributed by atoms with van der Waals surface area (Å²) in [5.74, 6) is 0. The van der Waals surface area contributed by atoms with Crippen molar-refractivity contribution in [2.24, 2.45) is 0 Å². The maximum absolute atomic E-state index is 9.35. The van der Waals surface area contributed by atoms with Crippen LogP contribution in [0.3, 0.4) is 0 Å². The van der Waals surface area contributed by atoms with Gasteiger partial charge in [-0.15, -0.1) is 11.3 Å². The van der Waals surface area contributed by atoms with E-state index >= 15 is 0 Å². The van der Waals surface area contributed by atoms with Gasteiger partial charge >= 0.3 is 0 Å². The van der Waals surface area contributed by atoms with E-state index in [1.165, 1.54) is 4.88 Å². The maximum atomic E-state index is 9.35. The van der Waals surface area contributed by atoms with Crippen LogP contribution in [0.5, 0.6) is 0 Å². The van der Waals surface area contributed by atoms with E-state index in [0.29, 0.717) is 0 Å². The average Bonchev–Trinajstić information content (AvgIpc) is 2.70. The van der Waals surface area contributed by atoms with Gasteiger partial charge in [0.15, 0.2) is 0 Å². The lowest BCUT2D eigenvalue weighted by molar-refractivity contribution is 0.0833. The summed E-state index contributed by atoms with van der Waals surface area (Å²) >= 11 is 1.84. The van der Waals surface area contributed by atoms with Gasteiger partial charge < -0.3 is 10.0 Å². The molecule has 1 aromatic heterocycles. The minimum Gasteiger partial charge on any atom is -0.393 e. The molecule has 2 heterocycles. The fraction of sp³-hybridized carbons (Fsp3) is 0.636. The van der Waals surface area contributed by atoms with Crippen molar-refractivity contribution in [1.29, 1.82) is 0 Å². The molecule has 0 bridgehead atoms. The number of rotatable bonds is 3. The zero-order valence-corrected chi connectivity index (χ0v) is 9.17. The van der Waals surface area contributed by atoms with Gasteiger partial charge in [-0.3, -0.25) is 0 Å². The number of hydrogen-bond donors (Lipinski definition) is 1.